The highest BCUT2D eigenvalue weighted by molar-refractivity contribution is 7.07. The van der Waals surface area contributed by atoms with Crippen molar-refractivity contribution >= 4 is 69.5 Å². The van der Waals surface area contributed by atoms with Crippen molar-refractivity contribution in [1.29, 1.82) is 0 Å². The number of rotatable bonds is 2. The van der Waals surface area contributed by atoms with Crippen LogP contribution in [0.25, 0.3) is 11.8 Å². The van der Waals surface area contributed by atoms with Gasteiger partial charge in [0.2, 0.25) is 0 Å². The fraction of sp³-hybridized carbons (Fsp3) is 0.111. The van der Waals surface area contributed by atoms with Gasteiger partial charge in [-0.15, -0.1) is 0 Å². The molecule has 0 fully saturated rings. The molecular formula is C27H16Cl4N2O2S. The van der Waals surface area contributed by atoms with E-state index in [-0.39, 0.29) is 16.3 Å². The molecule has 6 rings (SSSR count). The van der Waals surface area contributed by atoms with Gasteiger partial charge in [0.1, 0.15) is 5.75 Å². The first-order valence-electron chi connectivity index (χ1n) is 11.1. The van der Waals surface area contributed by atoms with E-state index in [1.165, 1.54) is 23.0 Å². The molecule has 0 amide bonds. The molecule has 0 unspecified atom stereocenters. The Balaban J connectivity index is 1.66. The molecule has 2 heterocycles. The van der Waals surface area contributed by atoms with Crippen LogP contribution >= 0.6 is 57.7 Å². The third-order valence-electron chi connectivity index (χ3n) is 6.47. The van der Waals surface area contributed by atoms with E-state index in [0.717, 1.165) is 35.2 Å². The SMILES string of the molecule is O=c1c(=Cc2cc(Cl)cc(Cl)c2O)sc2n1[C@H](c1ccc(Cl)cc1Cl)C1=C(N=2)c2ccccc2CC1. The highest BCUT2D eigenvalue weighted by Gasteiger charge is 2.33. The van der Waals surface area contributed by atoms with Gasteiger partial charge in [-0.1, -0.05) is 88.1 Å². The molecular weight excluding hydrogens is 558 g/mol. The number of phenols is 1. The average Bonchev–Trinajstić information content (AvgIpc) is 3.16. The zero-order valence-electron chi connectivity index (χ0n) is 18.4. The number of aromatic nitrogens is 1. The lowest BCUT2D eigenvalue weighted by molar-refractivity contribution is 0.474. The number of benzene rings is 3. The van der Waals surface area contributed by atoms with Gasteiger partial charge in [0.25, 0.3) is 5.56 Å². The fourth-order valence-corrected chi connectivity index (χ4v) is 6.87. The predicted octanol–water partition coefficient (Wildman–Crippen LogP) is 6.64. The van der Waals surface area contributed by atoms with Crippen LogP contribution in [0.1, 0.15) is 34.7 Å². The Labute approximate surface area is 230 Å². The Morgan fingerprint density at radius 3 is 2.56 bits per heavy atom. The Bertz CT molecular complexity index is 1790. The average molecular weight is 574 g/mol. The van der Waals surface area contributed by atoms with Crippen LogP contribution in [0.15, 0.2) is 70.0 Å². The van der Waals surface area contributed by atoms with E-state index in [9.17, 15) is 9.90 Å². The van der Waals surface area contributed by atoms with Gasteiger partial charge in [-0.05, 0) is 59.9 Å². The van der Waals surface area contributed by atoms with Crippen molar-refractivity contribution < 1.29 is 5.11 Å². The number of nitrogens with zero attached hydrogens (tertiary/aromatic N) is 2. The van der Waals surface area contributed by atoms with E-state index in [2.05, 4.69) is 12.1 Å². The van der Waals surface area contributed by atoms with Gasteiger partial charge in [0.15, 0.2) is 4.80 Å². The van der Waals surface area contributed by atoms with E-state index < -0.39 is 6.04 Å². The molecule has 1 N–H and O–H groups in total. The quantitative estimate of drug-likeness (QED) is 0.292. The fourth-order valence-electron chi connectivity index (χ4n) is 4.86. The van der Waals surface area contributed by atoms with Crippen molar-refractivity contribution in [2.24, 2.45) is 4.99 Å². The standard InChI is InChI=1S/C27H16Cl4N2O2S/c28-15-6-8-18(20(30)11-15)24-19-7-5-13-3-1-2-4-17(13)23(19)32-27-33(24)26(35)22(36-27)10-14-9-16(29)12-21(31)25(14)34/h1-4,6,8-12,24,34H,5,7H2/t24-/m1/s1. The van der Waals surface area contributed by atoms with Crippen LogP contribution in [0.5, 0.6) is 5.75 Å². The van der Waals surface area contributed by atoms with Crippen molar-refractivity contribution in [2.45, 2.75) is 18.9 Å². The topological polar surface area (TPSA) is 54.6 Å². The van der Waals surface area contributed by atoms with E-state index in [1.54, 1.807) is 28.8 Å². The monoisotopic (exact) mass is 572 g/mol. The van der Waals surface area contributed by atoms with Crippen molar-refractivity contribution in [3.8, 4) is 5.75 Å². The summed E-state index contributed by atoms with van der Waals surface area (Å²) in [5.41, 5.74) is 5.08. The maximum Gasteiger partial charge on any atom is 0.271 e. The second-order valence-corrected chi connectivity index (χ2v) is 11.3. The maximum absolute atomic E-state index is 13.8. The molecule has 1 aliphatic heterocycles. The molecule has 1 atom stereocenters. The summed E-state index contributed by atoms with van der Waals surface area (Å²) in [7, 11) is 0. The molecule has 3 aromatic carbocycles. The number of aryl methyl sites for hydroxylation is 1. The number of halogens is 4. The van der Waals surface area contributed by atoms with Crippen molar-refractivity contribution in [1.82, 2.24) is 4.57 Å². The normalized spacial score (nSPS) is 16.9. The van der Waals surface area contributed by atoms with Gasteiger partial charge in [0, 0.05) is 26.2 Å². The van der Waals surface area contributed by atoms with Crippen molar-refractivity contribution in [2.75, 3.05) is 0 Å². The minimum absolute atomic E-state index is 0.111. The van der Waals surface area contributed by atoms with Crippen LogP contribution in [-0.2, 0) is 6.42 Å². The van der Waals surface area contributed by atoms with E-state index in [1.807, 2.05) is 18.2 Å². The first kappa shape index (κ1) is 23.8. The molecule has 9 heteroatoms. The van der Waals surface area contributed by atoms with Crippen LogP contribution in [0.4, 0.5) is 0 Å². The highest BCUT2D eigenvalue weighted by atomic mass is 35.5. The highest BCUT2D eigenvalue weighted by Crippen LogP contribution is 2.43. The number of allylic oxidation sites excluding steroid dienone is 1. The third kappa shape index (κ3) is 3.90. The Morgan fingerprint density at radius 1 is 0.972 bits per heavy atom. The molecule has 180 valence electrons. The molecule has 4 nitrogen and oxygen atoms in total. The summed E-state index contributed by atoms with van der Waals surface area (Å²) >= 11 is 26.4. The molecule has 0 spiro atoms. The third-order valence-corrected chi connectivity index (χ3v) is 8.53. The van der Waals surface area contributed by atoms with Crippen LogP contribution < -0.4 is 14.9 Å². The molecule has 2 aliphatic rings. The molecule has 0 saturated heterocycles. The maximum atomic E-state index is 13.8. The number of hydrogen-bond donors (Lipinski definition) is 1. The Morgan fingerprint density at radius 2 is 1.75 bits per heavy atom. The van der Waals surface area contributed by atoms with Gasteiger partial charge in [-0.2, -0.15) is 0 Å². The van der Waals surface area contributed by atoms with Gasteiger partial charge < -0.3 is 5.11 Å². The largest absolute Gasteiger partial charge is 0.506 e. The summed E-state index contributed by atoms with van der Waals surface area (Å²) in [5.74, 6) is -0.141. The predicted molar refractivity (Wildman–Crippen MR) is 147 cm³/mol. The lowest BCUT2D eigenvalue weighted by Crippen LogP contribution is -2.38. The summed E-state index contributed by atoms with van der Waals surface area (Å²) in [6.45, 7) is 0. The van der Waals surface area contributed by atoms with Gasteiger partial charge in [-0.25, -0.2) is 4.99 Å². The van der Waals surface area contributed by atoms with Gasteiger partial charge in [0.05, 0.1) is 21.3 Å². The van der Waals surface area contributed by atoms with Crippen LogP contribution in [0.2, 0.25) is 20.1 Å². The van der Waals surface area contributed by atoms with Crippen LogP contribution in [-0.4, -0.2) is 9.67 Å². The van der Waals surface area contributed by atoms with Crippen LogP contribution in [0.3, 0.4) is 0 Å². The van der Waals surface area contributed by atoms with Crippen molar-refractivity contribution in [3.05, 3.63) is 122 Å². The molecule has 1 aliphatic carbocycles. The number of thiazole rings is 1. The second-order valence-electron chi connectivity index (χ2n) is 8.60. The summed E-state index contributed by atoms with van der Waals surface area (Å²) in [6.07, 6.45) is 3.17. The summed E-state index contributed by atoms with van der Waals surface area (Å²) in [6, 6.07) is 16.1. The number of fused-ring (bicyclic) bond motifs is 3. The summed E-state index contributed by atoms with van der Waals surface area (Å²) in [4.78, 5) is 19.3. The molecule has 0 saturated carbocycles. The minimum Gasteiger partial charge on any atom is -0.506 e. The lowest BCUT2D eigenvalue weighted by atomic mass is 9.83. The minimum atomic E-state index is -0.437. The Hall–Kier alpha value is -2.54. The molecule has 0 radical (unpaired) electrons. The summed E-state index contributed by atoms with van der Waals surface area (Å²) < 4.78 is 2.08. The Kier molecular flexibility index (Phi) is 6.02. The lowest BCUT2D eigenvalue weighted by Gasteiger charge is -2.31. The molecule has 0 bridgehead atoms. The van der Waals surface area contributed by atoms with Crippen molar-refractivity contribution in [3.63, 3.8) is 0 Å². The number of aromatic hydroxyl groups is 1. The molecule has 36 heavy (non-hydrogen) atoms. The number of phenolic OH excluding ortho intramolecular Hbond substituents is 1. The van der Waals surface area contributed by atoms with E-state index >= 15 is 0 Å². The smallest absolute Gasteiger partial charge is 0.271 e. The first-order valence-corrected chi connectivity index (χ1v) is 13.4. The zero-order valence-corrected chi connectivity index (χ0v) is 22.3. The summed E-state index contributed by atoms with van der Waals surface area (Å²) in [5, 5.41) is 11.9. The van der Waals surface area contributed by atoms with E-state index in [4.69, 9.17) is 51.4 Å². The van der Waals surface area contributed by atoms with Crippen LogP contribution in [0, 0.1) is 0 Å². The zero-order chi connectivity index (χ0) is 25.1. The van der Waals surface area contributed by atoms with Gasteiger partial charge >= 0.3 is 0 Å². The second kappa shape index (κ2) is 9.09. The molecule has 1 aromatic heterocycles. The number of hydrogen-bond acceptors (Lipinski definition) is 4. The van der Waals surface area contributed by atoms with Gasteiger partial charge in [-0.3, -0.25) is 9.36 Å². The van der Waals surface area contributed by atoms with E-state index in [0.29, 0.717) is 30.0 Å². The first-order chi connectivity index (χ1) is 17.3. The molecule has 4 aromatic rings.